The van der Waals surface area contributed by atoms with E-state index in [-0.39, 0.29) is 6.10 Å². The SMILES string of the molecule is CC(C)CCCC(O)C1C2CCCCC21. The fourth-order valence-electron chi connectivity index (χ4n) is 3.55. The van der Waals surface area contributed by atoms with Crippen molar-refractivity contribution in [1.82, 2.24) is 0 Å². The summed E-state index contributed by atoms with van der Waals surface area (Å²) in [5.74, 6) is 3.30. The van der Waals surface area contributed by atoms with Gasteiger partial charge in [0.05, 0.1) is 6.10 Å². The van der Waals surface area contributed by atoms with Gasteiger partial charge in [-0.1, -0.05) is 39.5 Å². The molecule has 1 nitrogen and oxygen atoms in total. The maximum atomic E-state index is 10.1. The van der Waals surface area contributed by atoms with Gasteiger partial charge in [-0.25, -0.2) is 0 Å². The predicted molar refractivity (Wildman–Crippen MR) is 63.6 cm³/mol. The summed E-state index contributed by atoms with van der Waals surface area (Å²) in [4.78, 5) is 0. The van der Waals surface area contributed by atoms with Gasteiger partial charge in [0.15, 0.2) is 0 Å². The van der Waals surface area contributed by atoms with Crippen molar-refractivity contribution in [3.63, 3.8) is 0 Å². The first-order chi connectivity index (χ1) is 7.20. The van der Waals surface area contributed by atoms with Crippen LogP contribution in [0.5, 0.6) is 0 Å². The maximum absolute atomic E-state index is 10.1. The summed E-state index contributed by atoms with van der Waals surface area (Å²) >= 11 is 0. The Bertz CT molecular complexity index is 188. The van der Waals surface area contributed by atoms with Crippen LogP contribution in [0.25, 0.3) is 0 Å². The molecule has 0 aromatic rings. The topological polar surface area (TPSA) is 20.2 Å². The Labute approximate surface area is 94.3 Å². The van der Waals surface area contributed by atoms with Crippen LogP contribution < -0.4 is 0 Å². The highest BCUT2D eigenvalue weighted by Crippen LogP contribution is 2.57. The van der Waals surface area contributed by atoms with Crippen molar-refractivity contribution in [2.75, 3.05) is 0 Å². The van der Waals surface area contributed by atoms with Crippen molar-refractivity contribution in [2.45, 2.75) is 64.9 Å². The molecule has 2 saturated carbocycles. The molecule has 2 fully saturated rings. The Hall–Kier alpha value is -0.0400. The molecular formula is C14H26O. The Morgan fingerprint density at radius 1 is 1.07 bits per heavy atom. The van der Waals surface area contributed by atoms with E-state index in [2.05, 4.69) is 13.8 Å². The predicted octanol–water partition coefficient (Wildman–Crippen LogP) is 3.61. The Morgan fingerprint density at radius 3 is 2.20 bits per heavy atom. The molecule has 0 aromatic heterocycles. The normalized spacial score (nSPS) is 36.4. The summed E-state index contributed by atoms with van der Waals surface area (Å²) in [6, 6.07) is 0. The van der Waals surface area contributed by atoms with Crippen LogP contribution in [0.15, 0.2) is 0 Å². The molecule has 0 aromatic carbocycles. The second-order valence-corrected chi connectivity index (χ2v) is 6.08. The van der Waals surface area contributed by atoms with E-state index < -0.39 is 0 Å². The van der Waals surface area contributed by atoms with Crippen LogP contribution in [0, 0.1) is 23.7 Å². The van der Waals surface area contributed by atoms with Crippen molar-refractivity contribution in [3.8, 4) is 0 Å². The molecule has 2 aliphatic rings. The van der Waals surface area contributed by atoms with Gasteiger partial charge in [-0.05, 0) is 42.9 Å². The maximum Gasteiger partial charge on any atom is 0.0573 e. The summed E-state index contributed by atoms with van der Waals surface area (Å²) in [7, 11) is 0. The molecule has 3 unspecified atom stereocenters. The molecule has 0 bridgehead atoms. The van der Waals surface area contributed by atoms with Crippen molar-refractivity contribution in [1.29, 1.82) is 0 Å². The minimum absolute atomic E-state index is 0.0249. The van der Waals surface area contributed by atoms with Crippen LogP contribution in [0.2, 0.25) is 0 Å². The molecule has 0 radical (unpaired) electrons. The van der Waals surface area contributed by atoms with Crippen LogP contribution in [-0.2, 0) is 0 Å². The lowest BCUT2D eigenvalue weighted by molar-refractivity contribution is 0.126. The lowest BCUT2D eigenvalue weighted by Crippen LogP contribution is -2.11. The second kappa shape index (κ2) is 4.86. The van der Waals surface area contributed by atoms with Crippen LogP contribution in [0.3, 0.4) is 0 Å². The standard InChI is InChI=1S/C14H26O/c1-10(2)6-5-9-13(15)14-11-7-3-4-8-12(11)14/h10-15H,3-9H2,1-2H3. The van der Waals surface area contributed by atoms with Gasteiger partial charge < -0.3 is 5.11 Å². The van der Waals surface area contributed by atoms with Gasteiger partial charge in [-0.2, -0.15) is 0 Å². The number of hydrogen-bond donors (Lipinski definition) is 1. The van der Waals surface area contributed by atoms with Crippen LogP contribution in [0.4, 0.5) is 0 Å². The monoisotopic (exact) mass is 210 g/mol. The molecule has 88 valence electrons. The zero-order valence-corrected chi connectivity index (χ0v) is 10.3. The molecule has 3 atom stereocenters. The van der Waals surface area contributed by atoms with Crippen LogP contribution in [0.1, 0.15) is 58.8 Å². The number of aliphatic hydroxyl groups excluding tert-OH is 1. The van der Waals surface area contributed by atoms with Gasteiger partial charge >= 0.3 is 0 Å². The molecule has 1 heteroatoms. The van der Waals surface area contributed by atoms with Gasteiger partial charge in [0.25, 0.3) is 0 Å². The lowest BCUT2D eigenvalue weighted by Gasteiger charge is -2.11. The van der Waals surface area contributed by atoms with Gasteiger partial charge in [0.2, 0.25) is 0 Å². The summed E-state index contributed by atoms with van der Waals surface area (Å²) < 4.78 is 0. The number of aliphatic hydroxyl groups is 1. The third-order valence-corrected chi connectivity index (χ3v) is 4.45. The summed E-state index contributed by atoms with van der Waals surface area (Å²) in [6.07, 6.45) is 9.20. The minimum Gasteiger partial charge on any atom is -0.393 e. The highest BCUT2D eigenvalue weighted by atomic mass is 16.3. The fraction of sp³-hybridized carbons (Fsp3) is 1.00. The van der Waals surface area contributed by atoms with Crippen LogP contribution in [-0.4, -0.2) is 11.2 Å². The second-order valence-electron chi connectivity index (χ2n) is 6.08. The molecular weight excluding hydrogens is 184 g/mol. The largest absolute Gasteiger partial charge is 0.393 e. The molecule has 15 heavy (non-hydrogen) atoms. The quantitative estimate of drug-likeness (QED) is 0.735. The van der Waals surface area contributed by atoms with Crippen LogP contribution >= 0.6 is 0 Å². The van der Waals surface area contributed by atoms with Gasteiger partial charge in [-0.15, -0.1) is 0 Å². The third kappa shape index (κ3) is 2.75. The van der Waals surface area contributed by atoms with E-state index in [1.165, 1.54) is 38.5 Å². The lowest BCUT2D eigenvalue weighted by atomic mass is 10.0. The smallest absolute Gasteiger partial charge is 0.0573 e. The molecule has 1 N–H and O–H groups in total. The highest BCUT2D eigenvalue weighted by molar-refractivity contribution is 5.02. The molecule has 0 aliphatic heterocycles. The molecule has 0 amide bonds. The van der Waals surface area contributed by atoms with Crippen molar-refractivity contribution >= 4 is 0 Å². The van der Waals surface area contributed by atoms with E-state index in [1.807, 2.05) is 0 Å². The average molecular weight is 210 g/mol. The van der Waals surface area contributed by atoms with E-state index in [1.54, 1.807) is 0 Å². The third-order valence-electron chi connectivity index (χ3n) is 4.45. The van der Waals surface area contributed by atoms with Gasteiger partial charge in [0, 0.05) is 0 Å². The number of fused-ring (bicyclic) bond motifs is 1. The molecule has 0 heterocycles. The van der Waals surface area contributed by atoms with E-state index >= 15 is 0 Å². The Morgan fingerprint density at radius 2 is 1.67 bits per heavy atom. The van der Waals surface area contributed by atoms with Crippen molar-refractivity contribution < 1.29 is 5.11 Å². The first-order valence-corrected chi connectivity index (χ1v) is 6.88. The van der Waals surface area contributed by atoms with Crippen molar-refractivity contribution in [2.24, 2.45) is 23.7 Å². The van der Waals surface area contributed by atoms with E-state index in [9.17, 15) is 5.11 Å². The van der Waals surface area contributed by atoms with Crippen molar-refractivity contribution in [3.05, 3.63) is 0 Å². The zero-order chi connectivity index (χ0) is 10.8. The Kier molecular flexibility index (Phi) is 3.71. The van der Waals surface area contributed by atoms with E-state index in [0.717, 1.165) is 24.2 Å². The van der Waals surface area contributed by atoms with Gasteiger partial charge in [-0.3, -0.25) is 0 Å². The summed E-state index contributed by atoms with van der Waals surface area (Å²) in [5, 5.41) is 10.1. The minimum atomic E-state index is 0.0249. The zero-order valence-electron chi connectivity index (χ0n) is 10.3. The molecule has 2 aliphatic carbocycles. The first kappa shape index (κ1) is 11.4. The highest BCUT2D eigenvalue weighted by Gasteiger charge is 2.53. The molecule has 0 saturated heterocycles. The summed E-state index contributed by atoms with van der Waals surface area (Å²) in [5.41, 5.74) is 0. The van der Waals surface area contributed by atoms with E-state index in [4.69, 9.17) is 0 Å². The number of hydrogen-bond acceptors (Lipinski definition) is 1. The molecule has 0 spiro atoms. The Balaban J connectivity index is 1.66. The number of rotatable bonds is 5. The fourth-order valence-corrected chi connectivity index (χ4v) is 3.55. The molecule has 2 rings (SSSR count). The van der Waals surface area contributed by atoms with Gasteiger partial charge in [0.1, 0.15) is 0 Å². The average Bonchev–Trinajstić information content (AvgIpc) is 2.90. The summed E-state index contributed by atoms with van der Waals surface area (Å²) in [6.45, 7) is 4.53. The van der Waals surface area contributed by atoms with E-state index in [0.29, 0.717) is 5.92 Å². The first-order valence-electron chi connectivity index (χ1n) is 6.88.